The maximum absolute atomic E-state index is 12.4. The van der Waals surface area contributed by atoms with Crippen molar-refractivity contribution in [1.82, 2.24) is 10.1 Å². The zero-order chi connectivity index (χ0) is 21.1. The van der Waals surface area contributed by atoms with E-state index in [4.69, 9.17) is 9.26 Å². The molecular weight excluding hydrogens is 376 g/mol. The van der Waals surface area contributed by atoms with Crippen LogP contribution >= 0.6 is 0 Å². The maximum Gasteiger partial charge on any atom is 0.253 e. The molecule has 4 aromatic rings. The summed E-state index contributed by atoms with van der Waals surface area (Å²) in [5.41, 5.74) is 3.71. The molecule has 1 amide bonds. The van der Waals surface area contributed by atoms with Crippen molar-refractivity contribution in [3.8, 4) is 16.9 Å². The van der Waals surface area contributed by atoms with Gasteiger partial charge in [0, 0.05) is 18.2 Å². The first kappa shape index (κ1) is 19.7. The van der Waals surface area contributed by atoms with E-state index in [0.717, 1.165) is 39.1 Å². The highest BCUT2D eigenvalue weighted by molar-refractivity contribution is 5.94. The average Bonchev–Trinajstić information content (AvgIpc) is 3.11. The molecule has 0 unspecified atom stereocenters. The van der Waals surface area contributed by atoms with Crippen molar-refractivity contribution >= 4 is 16.7 Å². The summed E-state index contributed by atoms with van der Waals surface area (Å²) in [7, 11) is 1.79. The van der Waals surface area contributed by atoms with Crippen LogP contribution in [0.2, 0.25) is 0 Å². The Kier molecular flexibility index (Phi) is 5.53. The first-order chi connectivity index (χ1) is 14.5. The molecule has 0 saturated heterocycles. The Morgan fingerprint density at radius 3 is 2.47 bits per heavy atom. The lowest BCUT2D eigenvalue weighted by molar-refractivity contribution is 0.0774. The minimum Gasteiger partial charge on any atom is -0.492 e. The molecule has 0 saturated carbocycles. The molecule has 0 bridgehead atoms. The molecule has 5 heteroatoms. The van der Waals surface area contributed by atoms with Gasteiger partial charge in [0.15, 0.2) is 0 Å². The molecule has 0 atom stereocenters. The van der Waals surface area contributed by atoms with Gasteiger partial charge in [0.1, 0.15) is 18.1 Å². The van der Waals surface area contributed by atoms with E-state index in [-0.39, 0.29) is 5.91 Å². The SMILES string of the molecule is Cc1noc(C)c1-c1ccc2cc(OCCN(C)C(=O)c3ccccc3)ccc2c1. The molecule has 1 heterocycles. The second kappa shape index (κ2) is 8.41. The van der Waals surface area contributed by atoms with Gasteiger partial charge in [0.25, 0.3) is 5.91 Å². The number of amides is 1. The largest absolute Gasteiger partial charge is 0.492 e. The number of carbonyl (C=O) groups excluding carboxylic acids is 1. The van der Waals surface area contributed by atoms with Crippen molar-refractivity contribution in [2.75, 3.05) is 20.2 Å². The fourth-order valence-electron chi connectivity index (χ4n) is 3.57. The van der Waals surface area contributed by atoms with Gasteiger partial charge in [-0.25, -0.2) is 0 Å². The average molecular weight is 400 g/mol. The number of fused-ring (bicyclic) bond motifs is 1. The number of hydrogen-bond acceptors (Lipinski definition) is 4. The molecule has 3 aromatic carbocycles. The van der Waals surface area contributed by atoms with Crippen LogP contribution in [0.25, 0.3) is 21.9 Å². The summed E-state index contributed by atoms with van der Waals surface area (Å²) in [5, 5.41) is 6.26. The van der Waals surface area contributed by atoms with Crippen LogP contribution in [0.15, 0.2) is 71.3 Å². The molecule has 30 heavy (non-hydrogen) atoms. The zero-order valence-corrected chi connectivity index (χ0v) is 17.4. The van der Waals surface area contributed by atoms with Crippen molar-refractivity contribution < 1.29 is 14.1 Å². The van der Waals surface area contributed by atoms with Crippen LogP contribution in [0.5, 0.6) is 5.75 Å². The molecule has 0 aliphatic carbocycles. The second-order valence-corrected chi connectivity index (χ2v) is 7.36. The van der Waals surface area contributed by atoms with E-state index in [1.54, 1.807) is 11.9 Å². The van der Waals surface area contributed by atoms with Crippen LogP contribution < -0.4 is 4.74 Å². The van der Waals surface area contributed by atoms with E-state index in [2.05, 4.69) is 23.4 Å². The third-order valence-corrected chi connectivity index (χ3v) is 5.20. The van der Waals surface area contributed by atoms with E-state index < -0.39 is 0 Å². The van der Waals surface area contributed by atoms with Gasteiger partial charge < -0.3 is 14.2 Å². The van der Waals surface area contributed by atoms with Gasteiger partial charge in [-0.3, -0.25) is 4.79 Å². The highest BCUT2D eigenvalue weighted by Crippen LogP contribution is 2.30. The number of aromatic nitrogens is 1. The summed E-state index contributed by atoms with van der Waals surface area (Å²) in [6.45, 7) is 4.82. The van der Waals surface area contributed by atoms with Crippen LogP contribution in [0.4, 0.5) is 0 Å². The first-order valence-electron chi connectivity index (χ1n) is 9.93. The lowest BCUT2D eigenvalue weighted by atomic mass is 10.00. The summed E-state index contributed by atoms with van der Waals surface area (Å²) >= 11 is 0. The number of likely N-dealkylation sites (N-methyl/N-ethyl adjacent to an activating group) is 1. The molecular formula is C25H24N2O3. The van der Waals surface area contributed by atoms with Crippen molar-refractivity contribution in [2.24, 2.45) is 0 Å². The number of rotatable bonds is 6. The Balaban J connectivity index is 1.42. The molecule has 1 aromatic heterocycles. The van der Waals surface area contributed by atoms with E-state index >= 15 is 0 Å². The highest BCUT2D eigenvalue weighted by Gasteiger charge is 2.13. The molecule has 152 valence electrons. The smallest absolute Gasteiger partial charge is 0.253 e. The van der Waals surface area contributed by atoms with Crippen molar-refractivity contribution in [3.05, 3.63) is 83.7 Å². The quantitative estimate of drug-likeness (QED) is 0.443. The van der Waals surface area contributed by atoms with Gasteiger partial charge in [0.2, 0.25) is 0 Å². The number of hydrogen-bond donors (Lipinski definition) is 0. The van der Waals surface area contributed by atoms with E-state index in [0.29, 0.717) is 18.7 Å². The molecule has 4 rings (SSSR count). The first-order valence-corrected chi connectivity index (χ1v) is 9.93. The number of benzene rings is 3. The van der Waals surface area contributed by atoms with Crippen molar-refractivity contribution in [2.45, 2.75) is 13.8 Å². The van der Waals surface area contributed by atoms with E-state index in [1.165, 1.54) is 0 Å². The lowest BCUT2D eigenvalue weighted by Crippen LogP contribution is -2.30. The van der Waals surface area contributed by atoms with Crippen LogP contribution in [-0.4, -0.2) is 36.2 Å². The number of aryl methyl sites for hydroxylation is 2. The minimum absolute atomic E-state index is 0.00966. The summed E-state index contributed by atoms with van der Waals surface area (Å²) in [6, 6.07) is 21.6. The van der Waals surface area contributed by atoms with Crippen LogP contribution in [-0.2, 0) is 0 Å². The molecule has 0 N–H and O–H groups in total. The molecule has 0 aliphatic rings. The van der Waals surface area contributed by atoms with Crippen LogP contribution in [0, 0.1) is 13.8 Å². The Morgan fingerprint density at radius 1 is 1.00 bits per heavy atom. The van der Waals surface area contributed by atoms with Gasteiger partial charge in [-0.05, 0) is 60.5 Å². The van der Waals surface area contributed by atoms with Crippen LogP contribution in [0.3, 0.4) is 0 Å². The Morgan fingerprint density at radius 2 is 1.73 bits per heavy atom. The zero-order valence-electron chi connectivity index (χ0n) is 17.4. The standard InChI is InChI=1S/C25H24N2O3/c1-17-24(18(2)30-26-17)22-10-9-21-16-23(12-11-20(21)15-22)29-14-13-27(3)25(28)19-7-5-4-6-8-19/h4-12,15-16H,13-14H2,1-3H3. The predicted octanol–water partition coefficient (Wildman–Crippen LogP) is 5.26. The summed E-state index contributed by atoms with van der Waals surface area (Å²) in [4.78, 5) is 14.1. The van der Waals surface area contributed by atoms with E-state index in [9.17, 15) is 4.79 Å². The monoisotopic (exact) mass is 400 g/mol. The molecule has 0 aliphatic heterocycles. The number of nitrogens with zero attached hydrogens (tertiary/aromatic N) is 2. The van der Waals surface area contributed by atoms with Crippen molar-refractivity contribution in [1.29, 1.82) is 0 Å². The minimum atomic E-state index is -0.00966. The number of ether oxygens (including phenoxy) is 1. The summed E-state index contributed by atoms with van der Waals surface area (Å²) < 4.78 is 11.2. The molecule has 0 spiro atoms. The maximum atomic E-state index is 12.4. The summed E-state index contributed by atoms with van der Waals surface area (Å²) in [6.07, 6.45) is 0. The third-order valence-electron chi connectivity index (χ3n) is 5.20. The number of carbonyl (C=O) groups is 1. The van der Waals surface area contributed by atoms with Gasteiger partial charge in [-0.1, -0.05) is 41.6 Å². The normalized spacial score (nSPS) is 10.9. The molecule has 0 fully saturated rings. The Labute approximate surface area is 175 Å². The fourth-order valence-corrected chi connectivity index (χ4v) is 3.57. The fraction of sp³-hybridized carbons (Fsp3) is 0.200. The predicted molar refractivity (Wildman–Crippen MR) is 118 cm³/mol. The lowest BCUT2D eigenvalue weighted by Gasteiger charge is -2.17. The van der Waals surface area contributed by atoms with Gasteiger partial charge in [-0.2, -0.15) is 0 Å². The van der Waals surface area contributed by atoms with Gasteiger partial charge in [-0.15, -0.1) is 0 Å². The van der Waals surface area contributed by atoms with Gasteiger partial charge in [0.05, 0.1) is 12.2 Å². The van der Waals surface area contributed by atoms with Gasteiger partial charge >= 0.3 is 0 Å². The molecule has 0 radical (unpaired) electrons. The van der Waals surface area contributed by atoms with Crippen LogP contribution in [0.1, 0.15) is 21.8 Å². The summed E-state index contributed by atoms with van der Waals surface area (Å²) in [5.74, 6) is 1.60. The topological polar surface area (TPSA) is 55.6 Å². The second-order valence-electron chi connectivity index (χ2n) is 7.36. The molecule has 5 nitrogen and oxygen atoms in total. The third kappa shape index (κ3) is 4.06. The Bertz CT molecular complexity index is 1160. The Hall–Kier alpha value is -3.60. The highest BCUT2D eigenvalue weighted by atomic mass is 16.5. The van der Waals surface area contributed by atoms with Crippen molar-refractivity contribution in [3.63, 3.8) is 0 Å². The van der Waals surface area contributed by atoms with E-state index in [1.807, 2.05) is 62.4 Å².